The molecule has 19 heavy (non-hydrogen) atoms. The summed E-state index contributed by atoms with van der Waals surface area (Å²) in [6.07, 6.45) is 6.22. The van der Waals surface area contributed by atoms with Crippen LogP contribution in [0.1, 0.15) is 45.4 Å². The summed E-state index contributed by atoms with van der Waals surface area (Å²) in [6, 6.07) is 3.77. The first-order valence-corrected chi connectivity index (χ1v) is 7.18. The predicted molar refractivity (Wildman–Crippen MR) is 76.3 cm³/mol. The van der Waals surface area contributed by atoms with Crippen molar-refractivity contribution in [3.8, 4) is 0 Å². The number of amides is 1. The normalized spacial score (nSPS) is 15.3. The van der Waals surface area contributed by atoms with Crippen LogP contribution in [-0.2, 0) is 4.79 Å². The summed E-state index contributed by atoms with van der Waals surface area (Å²) in [6.45, 7) is 4.17. The highest BCUT2D eigenvalue weighted by molar-refractivity contribution is 5.89. The van der Waals surface area contributed by atoms with Crippen molar-refractivity contribution in [3.05, 3.63) is 12.1 Å². The number of nitrogens with one attached hydrogen (secondary N) is 1. The molecule has 0 bridgehead atoms. The molecule has 0 aromatic carbocycles. The second-order valence-electron chi connectivity index (χ2n) is 4.98. The zero-order chi connectivity index (χ0) is 13.5. The molecule has 1 aromatic heterocycles. The van der Waals surface area contributed by atoms with Crippen LogP contribution in [0.4, 0.5) is 11.6 Å². The molecule has 2 heterocycles. The molecule has 0 unspecified atom stereocenters. The van der Waals surface area contributed by atoms with Crippen molar-refractivity contribution in [1.29, 1.82) is 0 Å². The van der Waals surface area contributed by atoms with E-state index in [1.165, 1.54) is 19.3 Å². The molecule has 0 saturated carbocycles. The van der Waals surface area contributed by atoms with E-state index in [2.05, 4.69) is 27.3 Å². The molecule has 1 aliphatic heterocycles. The number of rotatable bonds is 5. The third kappa shape index (κ3) is 4.19. The third-order valence-corrected chi connectivity index (χ3v) is 3.36. The van der Waals surface area contributed by atoms with Gasteiger partial charge in [-0.3, -0.25) is 4.79 Å². The number of unbranched alkanes of at least 4 members (excludes halogenated alkanes) is 1. The van der Waals surface area contributed by atoms with E-state index >= 15 is 0 Å². The molecule has 1 N–H and O–H groups in total. The largest absolute Gasteiger partial charge is 0.355 e. The van der Waals surface area contributed by atoms with Gasteiger partial charge in [0.25, 0.3) is 0 Å². The highest BCUT2D eigenvalue weighted by Gasteiger charge is 2.12. The fourth-order valence-electron chi connectivity index (χ4n) is 2.23. The minimum absolute atomic E-state index is 0.0156. The molecule has 1 aliphatic rings. The molecule has 0 spiro atoms. The number of carbonyl (C=O) groups excluding carboxylic acids is 1. The van der Waals surface area contributed by atoms with Gasteiger partial charge in [-0.05, 0) is 37.8 Å². The van der Waals surface area contributed by atoms with E-state index in [1.807, 2.05) is 12.1 Å². The summed E-state index contributed by atoms with van der Waals surface area (Å²) in [5.41, 5.74) is 0. The van der Waals surface area contributed by atoms with Crippen molar-refractivity contribution in [1.82, 2.24) is 10.2 Å². The Morgan fingerprint density at radius 1 is 1.26 bits per heavy atom. The fraction of sp³-hybridized carbons (Fsp3) is 0.643. The van der Waals surface area contributed by atoms with Gasteiger partial charge in [-0.25, -0.2) is 0 Å². The van der Waals surface area contributed by atoms with Crippen molar-refractivity contribution in [2.75, 3.05) is 23.3 Å². The standard InChI is InChI=1S/C14H22N4O/c1-2-3-7-14(19)15-12-8-9-13(17-16-12)18-10-5-4-6-11-18/h8-9H,2-7,10-11H2,1H3,(H,15,16,19). The molecule has 2 rings (SSSR count). The van der Waals surface area contributed by atoms with Gasteiger partial charge < -0.3 is 10.2 Å². The van der Waals surface area contributed by atoms with Gasteiger partial charge in [0.1, 0.15) is 0 Å². The molecule has 5 nitrogen and oxygen atoms in total. The zero-order valence-corrected chi connectivity index (χ0v) is 11.6. The van der Waals surface area contributed by atoms with Crippen LogP contribution in [0.2, 0.25) is 0 Å². The minimum Gasteiger partial charge on any atom is -0.355 e. The van der Waals surface area contributed by atoms with Crippen LogP contribution in [0.15, 0.2) is 12.1 Å². The number of carbonyl (C=O) groups is 1. The Balaban J connectivity index is 1.88. The summed E-state index contributed by atoms with van der Waals surface area (Å²) in [7, 11) is 0. The average Bonchev–Trinajstić information content (AvgIpc) is 2.47. The SMILES string of the molecule is CCCCC(=O)Nc1ccc(N2CCCCC2)nn1. The van der Waals surface area contributed by atoms with Crippen LogP contribution in [0.5, 0.6) is 0 Å². The summed E-state index contributed by atoms with van der Waals surface area (Å²) in [5, 5.41) is 11.1. The Bertz CT molecular complexity index is 398. The number of piperidine rings is 1. The lowest BCUT2D eigenvalue weighted by Gasteiger charge is -2.27. The van der Waals surface area contributed by atoms with Gasteiger partial charge >= 0.3 is 0 Å². The first-order valence-electron chi connectivity index (χ1n) is 7.18. The second kappa shape index (κ2) is 7.07. The Morgan fingerprint density at radius 2 is 2.05 bits per heavy atom. The predicted octanol–water partition coefficient (Wildman–Crippen LogP) is 2.60. The average molecular weight is 262 g/mol. The van der Waals surface area contributed by atoms with Crippen LogP contribution in [-0.4, -0.2) is 29.2 Å². The van der Waals surface area contributed by atoms with Crippen molar-refractivity contribution in [3.63, 3.8) is 0 Å². The van der Waals surface area contributed by atoms with E-state index in [1.54, 1.807) is 0 Å². The van der Waals surface area contributed by atoms with Crippen LogP contribution >= 0.6 is 0 Å². The topological polar surface area (TPSA) is 58.1 Å². The van der Waals surface area contributed by atoms with Crippen LogP contribution in [0.3, 0.4) is 0 Å². The second-order valence-corrected chi connectivity index (χ2v) is 4.98. The van der Waals surface area contributed by atoms with Gasteiger partial charge in [-0.1, -0.05) is 13.3 Å². The molecule has 104 valence electrons. The molecule has 0 radical (unpaired) electrons. The van der Waals surface area contributed by atoms with Gasteiger partial charge in [0.05, 0.1) is 0 Å². The van der Waals surface area contributed by atoms with E-state index in [0.29, 0.717) is 12.2 Å². The van der Waals surface area contributed by atoms with Gasteiger partial charge in [0.15, 0.2) is 11.6 Å². The quantitative estimate of drug-likeness (QED) is 0.886. The Morgan fingerprint density at radius 3 is 2.68 bits per heavy atom. The first-order chi connectivity index (χ1) is 9.29. The number of anilines is 2. The van der Waals surface area contributed by atoms with Gasteiger partial charge in [0.2, 0.25) is 5.91 Å². The van der Waals surface area contributed by atoms with E-state index in [0.717, 1.165) is 31.7 Å². The number of nitrogens with zero attached hydrogens (tertiary/aromatic N) is 3. The molecule has 0 atom stereocenters. The number of hydrogen-bond donors (Lipinski definition) is 1. The minimum atomic E-state index is 0.0156. The maximum Gasteiger partial charge on any atom is 0.225 e. The van der Waals surface area contributed by atoms with E-state index in [4.69, 9.17) is 0 Å². The smallest absolute Gasteiger partial charge is 0.225 e. The van der Waals surface area contributed by atoms with Crippen molar-refractivity contribution in [2.24, 2.45) is 0 Å². The molecule has 0 aliphatic carbocycles. The Hall–Kier alpha value is -1.65. The summed E-state index contributed by atoms with van der Waals surface area (Å²) in [5.74, 6) is 1.47. The number of aromatic nitrogens is 2. The van der Waals surface area contributed by atoms with Crippen LogP contribution in [0, 0.1) is 0 Å². The van der Waals surface area contributed by atoms with Gasteiger partial charge in [0, 0.05) is 19.5 Å². The first kappa shape index (κ1) is 13.8. The molecule has 5 heteroatoms. The fourth-order valence-corrected chi connectivity index (χ4v) is 2.23. The molecule has 1 aromatic rings. The van der Waals surface area contributed by atoms with Crippen LogP contribution in [0.25, 0.3) is 0 Å². The summed E-state index contributed by atoms with van der Waals surface area (Å²) < 4.78 is 0. The van der Waals surface area contributed by atoms with Crippen molar-refractivity contribution < 1.29 is 4.79 Å². The third-order valence-electron chi connectivity index (χ3n) is 3.36. The van der Waals surface area contributed by atoms with Gasteiger partial charge in [-0.2, -0.15) is 0 Å². The monoisotopic (exact) mass is 262 g/mol. The summed E-state index contributed by atoms with van der Waals surface area (Å²) in [4.78, 5) is 13.8. The van der Waals surface area contributed by atoms with E-state index in [-0.39, 0.29) is 5.91 Å². The van der Waals surface area contributed by atoms with E-state index in [9.17, 15) is 4.79 Å². The molecular formula is C14H22N4O. The van der Waals surface area contributed by atoms with Crippen molar-refractivity contribution in [2.45, 2.75) is 45.4 Å². The Labute approximate surface area is 114 Å². The Kier molecular flexibility index (Phi) is 5.12. The lowest BCUT2D eigenvalue weighted by Crippen LogP contribution is -2.30. The molecular weight excluding hydrogens is 240 g/mol. The van der Waals surface area contributed by atoms with E-state index < -0.39 is 0 Å². The highest BCUT2D eigenvalue weighted by Crippen LogP contribution is 2.17. The molecule has 1 amide bonds. The molecule has 1 saturated heterocycles. The maximum atomic E-state index is 11.6. The maximum absolute atomic E-state index is 11.6. The summed E-state index contributed by atoms with van der Waals surface area (Å²) >= 11 is 0. The lowest BCUT2D eigenvalue weighted by atomic mass is 10.1. The lowest BCUT2D eigenvalue weighted by molar-refractivity contribution is -0.116. The van der Waals surface area contributed by atoms with Crippen LogP contribution < -0.4 is 10.2 Å². The van der Waals surface area contributed by atoms with Crippen molar-refractivity contribution >= 4 is 17.5 Å². The highest BCUT2D eigenvalue weighted by atomic mass is 16.1. The van der Waals surface area contributed by atoms with Gasteiger partial charge in [-0.15, -0.1) is 10.2 Å². The zero-order valence-electron chi connectivity index (χ0n) is 11.6. The number of hydrogen-bond acceptors (Lipinski definition) is 4. The molecule has 1 fully saturated rings.